The molecule has 0 radical (unpaired) electrons. The van der Waals surface area contributed by atoms with Crippen LogP contribution in [0.25, 0.3) is 0 Å². The number of hydrogen-bond donors (Lipinski definition) is 2. The Balaban J connectivity index is 0. The van der Waals surface area contributed by atoms with E-state index in [2.05, 4.69) is 20.4 Å². The van der Waals surface area contributed by atoms with Crippen molar-refractivity contribution in [1.29, 1.82) is 0 Å². The van der Waals surface area contributed by atoms with Gasteiger partial charge in [-0.3, -0.25) is 0 Å². The van der Waals surface area contributed by atoms with E-state index < -0.39 is 11.9 Å². The first kappa shape index (κ1) is 25.7. The zero-order chi connectivity index (χ0) is 19.7. The lowest BCUT2D eigenvalue weighted by atomic mass is 10.0. The molecule has 0 fully saturated rings. The first-order valence-corrected chi connectivity index (χ1v) is 9.47. The Bertz CT molecular complexity index is 396. The Hall–Kier alpha value is -1.58. The molecule has 0 aromatic heterocycles. The molecule has 4 nitrogen and oxygen atoms in total. The van der Waals surface area contributed by atoms with Gasteiger partial charge >= 0.3 is 11.9 Å². The minimum Gasteiger partial charge on any atom is -0.478 e. The monoisotopic (exact) mass is 354 g/mol. The van der Waals surface area contributed by atoms with Crippen molar-refractivity contribution < 1.29 is 19.8 Å². The summed E-state index contributed by atoms with van der Waals surface area (Å²) in [6.07, 6.45) is 14.6. The van der Waals surface area contributed by atoms with E-state index in [9.17, 15) is 9.59 Å². The maximum Gasteiger partial charge on any atom is 0.330 e. The minimum absolute atomic E-state index is 0.176. The van der Waals surface area contributed by atoms with Gasteiger partial charge in [0.2, 0.25) is 0 Å². The number of rotatable bonds is 13. The standard InChI is InChI=1S/C17H32O2.C4H6O2/c1-15(2)13-11-9-7-5-4-6-8-10-12-14-16(3)17(18)19;1-3(2)4(5)6/h14-15H,4-13H2,1-3H3,(H,18,19);1H2,2H3,(H,5,6). The highest BCUT2D eigenvalue weighted by molar-refractivity contribution is 5.85. The van der Waals surface area contributed by atoms with E-state index in [1.807, 2.05) is 6.08 Å². The van der Waals surface area contributed by atoms with Crippen LogP contribution in [0.1, 0.15) is 91.9 Å². The van der Waals surface area contributed by atoms with Crippen molar-refractivity contribution in [3.05, 3.63) is 23.8 Å². The third-order valence-corrected chi connectivity index (χ3v) is 3.89. The van der Waals surface area contributed by atoms with Crippen LogP contribution in [0.5, 0.6) is 0 Å². The summed E-state index contributed by atoms with van der Waals surface area (Å²) in [5.41, 5.74) is 0.653. The van der Waals surface area contributed by atoms with Gasteiger partial charge in [-0.1, -0.05) is 77.9 Å². The Morgan fingerprint density at radius 3 is 1.60 bits per heavy atom. The second kappa shape index (κ2) is 17.2. The van der Waals surface area contributed by atoms with Gasteiger partial charge in [-0.05, 0) is 32.6 Å². The quantitative estimate of drug-likeness (QED) is 0.304. The average Bonchev–Trinajstić information content (AvgIpc) is 2.52. The molecule has 0 rings (SSSR count). The predicted molar refractivity (Wildman–Crippen MR) is 105 cm³/mol. The van der Waals surface area contributed by atoms with E-state index in [0.29, 0.717) is 5.57 Å². The van der Waals surface area contributed by atoms with Crippen molar-refractivity contribution in [2.75, 3.05) is 0 Å². The van der Waals surface area contributed by atoms with Gasteiger partial charge in [0.25, 0.3) is 0 Å². The summed E-state index contributed by atoms with van der Waals surface area (Å²) in [4.78, 5) is 20.2. The molecule has 25 heavy (non-hydrogen) atoms. The van der Waals surface area contributed by atoms with Gasteiger partial charge in [0.1, 0.15) is 0 Å². The number of carboxylic acids is 2. The van der Waals surface area contributed by atoms with Gasteiger partial charge in [0.15, 0.2) is 0 Å². The number of aliphatic carboxylic acids is 2. The first-order chi connectivity index (χ1) is 11.7. The van der Waals surface area contributed by atoms with Gasteiger partial charge in [-0.25, -0.2) is 9.59 Å². The fraction of sp³-hybridized carbons (Fsp3) is 0.714. The summed E-state index contributed by atoms with van der Waals surface area (Å²) in [7, 11) is 0. The summed E-state index contributed by atoms with van der Waals surface area (Å²) in [6.45, 7) is 10.9. The smallest absolute Gasteiger partial charge is 0.330 e. The zero-order valence-electron chi connectivity index (χ0n) is 16.6. The lowest BCUT2D eigenvalue weighted by Crippen LogP contribution is -1.95. The zero-order valence-corrected chi connectivity index (χ0v) is 16.6. The van der Waals surface area contributed by atoms with Crippen LogP contribution in [0.2, 0.25) is 0 Å². The molecule has 0 bridgehead atoms. The molecule has 2 N–H and O–H groups in total. The number of hydrogen-bond acceptors (Lipinski definition) is 2. The minimum atomic E-state index is -0.935. The van der Waals surface area contributed by atoms with Crippen LogP contribution in [-0.4, -0.2) is 22.2 Å². The van der Waals surface area contributed by atoms with Crippen molar-refractivity contribution in [1.82, 2.24) is 0 Å². The van der Waals surface area contributed by atoms with Crippen LogP contribution < -0.4 is 0 Å². The van der Waals surface area contributed by atoms with E-state index in [0.717, 1.165) is 18.8 Å². The fourth-order valence-electron chi connectivity index (χ4n) is 2.16. The van der Waals surface area contributed by atoms with Gasteiger partial charge < -0.3 is 10.2 Å². The first-order valence-electron chi connectivity index (χ1n) is 9.47. The third-order valence-electron chi connectivity index (χ3n) is 3.89. The van der Waals surface area contributed by atoms with Crippen LogP contribution in [0.15, 0.2) is 23.8 Å². The van der Waals surface area contributed by atoms with Crippen molar-refractivity contribution >= 4 is 11.9 Å². The van der Waals surface area contributed by atoms with E-state index in [1.54, 1.807) is 6.92 Å². The van der Waals surface area contributed by atoms with Gasteiger partial charge in [-0.15, -0.1) is 0 Å². The Morgan fingerprint density at radius 2 is 1.24 bits per heavy atom. The molecule has 4 heteroatoms. The molecule has 0 heterocycles. The number of carbonyl (C=O) groups is 2. The molecule has 146 valence electrons. The molecule has 0 unspecified atom stereocenters. The van der Waals surface area contributed by atoms with Crippen molar-refractivity contribution in [3.8, 4) is 0 Å². The molecule has 0 atom stereocenters. The Kier molecular flexibility index (Phi) is 17.7. The van der Waals surface area contributed by atoms with Crippen molar-refractivity contribution in [3.63, 3.8) is 0 Å². The van der Waals surface area contributed by atoms with Crippen LogP contribution in [-0.2, 0) is 9.59 Å². The summed E-state index contributed by atoms with van der Waals surface area (Å²) < 4.78 is 0. The molecular formula is C21H38O4. The maximum absolute atomic E-state index is 10.6. The highest BCUT2D eigenvalue weighted by atomic mass is 16.4. The second-order valence-corrected chi connectivity index (χ2v) is 7.08. The van der Waals surface area contributed by atoms with E-state index in [1.165, 1.54) is 58.3 Å². The molecule has 0 spiro atoms. The van der Waals surface area contributed by atoms with Crippen LogP contribution in [0.3, 0.4) is 0 Å². The van der Waals surface area contributed by atoms with E-state index in [-0.39, 0.29) is 5.57 Å². The molecule has 0 aromatic rings. The van der Waals surface area contributed by atoms with Gasteiger partial charge in [0.05, 0.1) is 0 Å². The predicted octanol–water partition coefficient (Wildman–Crippen LogP) is 6.22. The van der Waals surface area contributed by atoms with E-state index in [4.69, 9.17) is 10.2 Å². The molecular weight excluding hydrogens is 316 g/mol. The normalized spacial score (nSPS) is 11.0. The Morgan fingerprint density at radius 1 is 0.840 bits per heavy atom. The lowest BCUT2D eigenvalue weighted by molar-refractivity contribution is -0.133. The average molecular weight is 355 g/mol. The molecule has 0 aliphatic rings. The van der Waals surface area contributed by atoms with Crippen molar-refractivity contribution in [2.45, 2.75) is 91.9 Å². The lowest BCUT2D eigenvalue weighted by Gasteiger charge is -2.04. The SMILES string of the molecule is C=C(C)C(=O)O.CC(=CCCCCCCCCCCC(C)C)C(=O)O. The summed E-state index contributed by atoms with van der Waals surface area (Å²) in [5.74, 6) is -0.876. The molecule has 0 amide bonds. The molecule has 0 aliphatic carbocycles. The topological polar surface area (TPSA) is 74.6 Å². The molecule has 0 aromatic carbocycles. The van der Waals surface area contributed by atoms with Gasteiger partial charge in [0, 0.05) is 11.1 Å². The number of unbranched alkanes of at least 4 members (excludes halogenated alkanes) is 8. The van der Waals surface area contributed by atoms with Crippen LogP contribution in [0.4, 0.5) is 0 Å². The summed E-state index contributed by atoms with van der Waals surface area (Å²) in [5, 5.41) is 16.6. The van der Waals surface area contributed by atoms with Crippen molar-refractivity contribution in [2.24, 2.45) is 5.92 Å². The maximum atomic E-state index is 10.6. The molecule has 0 saturated heterocycles. The second-order valence-electron chi connectivity index (χ2n) is 7.08. The fourth-order valence-corrected chi connectivity index (χ4v) is 2.16. The largest absolute Gasteiger partial charge is 0.478 e. The van der Waals surface area contributed by atoms with Crippen LogP contribution >= 0.6 is 0 Å². The third kappa shape index (κ3) is 22.4. The van der Waals surface area contributed by atoms with E-state index >= 15 is 0 Å². The molecule has 0 aliphatic heterocycles. The summed E-state index contributed by atoms with van der Waals surface area (Å²) >= 11 is 0. The number of allylic oxidation sites excluding steroid dienone is 1. The van der Waals surface area contributed by atoms with Gasteiger partial charge in [-0.2, -0.15) is 0 Å². The Labute approximate surface area is 154 Å². The number of carboxylic acid groups (broad SMARTS) is 2. The molecule has 0 saturated carbocycles. The van der Waals surface area contributed by atoms with Crippen LogP contribution in [0, 0.1) is 5.92 Å². The summed E-state index contributed by atoms with van der Waals surface area (Å²) in [6, 6.07) is 0. The highest BCUT2D eigenvalue weighted by Gasteiger charge is 1.98. The highest BCUT2D eigenvalue weighted by Crippen LogP contribution is 2.13.